The number of nitrogens with one attached hydrogen (secondary N) is 1. The van der Waals surface area contributed by atoms with E-state index in [4.69, 9.17) is 4.74 Å². The second-order valence-electron chi connectivity index (χ2n) is 5.45. The summed E-state index contributed by atoms with van der Waals surface area (Å²) in [6, 6.07) is 10.3. The molecule has 3 rings (SSSR count). The summed E-state index contributed by atoms with van der Waals surface area (Å²) in [7, 11) is 0. The van der Waals surface area contributed by atoms with Crippen molar-refractivity contribution in [2.45, 2.75) is 38.6 Å². The lowest BCUT2D eigenvalue weighted by molar-refractivity contribution is 0.340. The van der Waals surface area contributed by atoms with Crippen LogP contribution >= 0.6 is 0 Å². The summed E-state index contributed by atoms with van der Waals surface area (Å²) in [5.74, 6) is 3.34. The largest absolute Gasteiger partial charge is 0.494 e. The van der Waals surface area contributed by atoms with Crippen LogP contribution in [-0.4, -0.2) is 16.6 Å². The van der Waals surface area contributed by atoms with Crippen molar-refractivity contribution in [1.82, 2.24) is 9.97 Å². The van der Waals surface area contributed by atoms with E-state index >= 15 is 0 Å². The minimum absolute atomic E-state index is 0.173. The van der Waals surface area contributed by atoms with Crippen LogP contribution in [0.1, 0.15) is 50.0 Å². The van der Waals surface area contributed by atoms with Gasteiger partial charge in [0, 0.05) is 12.1 Å². The number of ether oxygens (including phenoxy) is 1. The summed E-state index contributed by atoms with van der Waals surface area (Å²) in [5.41, 5.74) is 1.19. The fraction of sp³-hybridized carbons (Fsp3) is 0.412. The molecule has 0 amide bonds. The standard InChI is InChI=1S/C17H21N3O/c1-3-21-15-6-4-5-14(11-15)12(2)19-16-9-10-18-17(20-16)13-7-8-13/h4-6,9-13H,3,7-8H2,1-2H3,(H,18,19,20). The maximum Gasteiger partial charge on any atom is 0.133 e. The molecule has 0 radical (unpaired) electrons. The number of rotatable bonds is 6. The average Bonchev–Trinajstić information content (AvgIpc) is 3.33. The van der Waals surface area contributed by atoms with Gasteiger partial charge in [-0.05, 0) is 50.5 Å². The SMILES string of the molecule is CCOc1cccc(C(C)Nc2ccnc(C3CC3)n2)c1. The number of benzene rings is 1. The Hall–Kier alpha value is -2.10. The lowest BCUT2D eigenvalue weighted by Crippen LogP contribution is -2.09. The van der Waals surface area contributed by atoms with Crippen molar-refractivity contribution in [3.05, 3.63) is 47.9 Å². The summed E-state index contributed by atoms with van der Waals surface area (Å²) in [6.45, 7) is 4.81. The zero-order chi connectivity index (χ0) is 14.7. The maximum atomic E-state index is 5.55. The van der Waals surface area contributed by atoms with Gasteiger partial charge >= 0.3 is 0 Å². The minimum atomic E-state index is 0.173. The van der Waals surface area contributed by atoms with Crippen LogP contribution in [0.25, 0.3) is 0 Å². The molecule has 4 heteroatoms. The van der Waals surface area contributed by atoms with Crippen molar-refractivity contribution in [1.29, 1.82) is 0 Å². The van der Waals surface area contributed by atoms with Crippen LogP contribution in [0.15, 0.2) is 36.5 Å². The first kappa shape index (κ1) is 13.9. The quantitative estimate of drug-likeness (QED) is 0.872. The molecule has 21 heavy (non-hydrogen) atoms. The third-order valence-electron chi connectivity index (χ3n) is 3.65. The molecule has 0 spiro atoms. The predicted molar refractivity (Wildman–Crippen MR) is 83.7 cm³/mol. The van der Waals surface area contributed by atoms with Gasteiger partial charge in [0.05, 0.1) is 12.6 Å². The van der Waals surface area contributed by atoms with E-state index in [2.05, 4.69) is 34.3 Å². The van der Waals surface area contributed by atoms with Crippen LogP contribution < -0.4 is 10.1 Å². The topological polar surface area (TPSA) is 47.0 Å². The predicted octanol–water partition coefficient (Wildman–Crippen LogP) is 3.93. The Labute approximate surface area is 125 Å². The van der Waals surface area contributed by atoms with Crippen molar-refractivity contribution >= 4 is 5.82 Å². The highest BCUT2D eigenvalue weighted by atomic mass is 16.5. The summed E-state index contributed by atoms with van der Waals surface area (Å²) >= 11 is 0. The molecule has 1 fully saturated rings. The molecule has 1 aromatic carbocycles. The van der Waals surface area contributed by atoms with Crippen LogP contribution in [0.4, 0.5) is 5.82 Å². The molecule has 1 N–H and O–H groups in total. The van der Waals surface area contributed by atoms with E-state index in [0.717, 1.165) is 17.4 Å². The van der Waals surface area contributed by atoms with Crippen LogP contribution in [0.5, 0.6) is 5.75 Å². The zero-order valence-corrected chi connectivity index (χ0v) is 12.5. The van der Waals surface area contributed by atoms with Gasteiger partial charge in [0.15, 0.2) is 0 Å². The lowest BCUT2D eigenvalue weighted by Gasteiger charge is -2.16. The van der Waals surface area contributed by atoms with E-state index in [-0.39, 0.29) is 6.04 Å². The number of hydrogen-bond donors (Lipinski definition) is 1. The van der Waals surface area contributed by atoms with Gasteiger partial charge in [-0.1, -0.05) is 12.1 Å². The van der Waals surface area contributed by atoms with Crippen molar-refractivity contribution < 1.29 is 4.74 Å². The van der Waals surface area contributed by atoms with Crippen molar-refractivity contribution in [3.63, 3.8) is 0 Å². The molecule has 1 atom stereocenters. The monoisotopic (exact) mass is 283 g/mol. The third-order valence-corrected chi connectivity index (χ3v) is 3.65. The Morgan fingerprint density at radius 1 is 1.33 bits per heavy atom. The smallest absolute Gasteiger partial charge is 0.133 e. The molecule has 0 bridgehead atoms. The summed E-state index contributed by atoms with van der Waals surface area (Å²) in [6.07, 6.45) is 4.27. The average molecular weight is 283 g/mol. The first-order valence-corrected chi connectivity index (χ1v) is 7.58. The Bertz CT molecular complexity index is 610. The van der Waals surface area contributed by atoms with Crippen LogP contribution in [-0.2, 0) is 0 Å². The number of nitrogens with zero attached hydrogens (tertiary/aromatic N) is 2. The number of hydrogen-bond acceptors (Lipinski definition) is 4. The molecular formula is C17H21N3O. The van der Waals surface area contributed by atoms with Crippen molar-refractivity contribution in [3.8, 4) is 5.75 Å². The highest BCUT2D eigenvalue weighted by molar-refractivity contribution is 5.39. The molecule has 1 unspecified atom stereocenters. The van der Waals surface area contributed by atoms with Gasteiger partial charge in [-0.3, -0.25) is 0 Å². The molecule has 0 saturated heterocycles. The third kappa shape index (κ3) is 3.51. The highest BCUT2D eigenvalue weighted by Crippen LogP contribution is 2.38. The second-order valence-corrected chi connectivity index (χ2v) is 5.45. The second kappa shape index (κ2) is 6.12. The van der Waals surface area contributed by atoms with Gasteiger partial charge in [0.2, 0.25) is 0 Å². The molecule has 0 aliphatic heterocycles. The Morgan fingerprint density at radius 2 is 2.19 bits per heavy atom. The van der Waals surface area contributed by atoms with Crippen LogP contribution in [0.3, 0.4) is 0 Å². The van der Waals surface area contributed by atoms with E-state index in [1.54, 1.807) is 0 Å². The molecule has 4 nitrogen and oxygen atoms in total. The molecule has 1 aliphatic carbocycles. The van der Waals surface area contributed by atoms with E-state index < -0.39 is 0 Å². The van der Waals surface area contributed by atoms with Gasteiger partial charge in [-0.2, -0.15) is 0 Å². The van der Waals surface area contributed by atoms with Gasteiger partial charge in [-0.15, -0.1) is 0 Å². The van der Waals surface area contributed by atoms with Crippen LogP contribution in [0, 0.1) is 0 Å². The lowest BCUT2D eigenvalue weighted by atomic mass is 10.1. The Morgan fingerprint density at radius 3 is 2.95 bits per heavy atom. The van der Waals surface area contributed by atoms with Gasteiger partial charge in [0.1, 0.15) is 17.4 Å². The van der Waals surface area contributed by atoms with Crippen LogP contribution in [0.2, 0.25) is 0 Å². The van der Waals surface area contributed by atoms with Gasteiger partial charge < -0.3 is 10.1 Å². The molecule has 1 heterocycles. The van der Waals surface area contributed by atoms with E-state index in [1.807, 2.05) is 31.3 Å². The summed E-state index contributed by atoms with van der Waals surface area (Å²) in [4.78, 5) is 8.95. The maximum absolute atomic E-state index is 5.55. The zero-order valence-electron chi connectivity index (χ0n) is 12.5. The summed E-state index contributed by atoms with van der Waals surface area (Å²) in [5, 5.41) is 3.44. The van der Waals surface area contributed by atoms with Crippen molar-refractivity contribution in [2.75, 3.05) is 11.9 Å². The molecule has 2 aromatic rings. The molecule has 1 aromatic heterocycles. The Kier molecular flexibility index (Phi) is 4.04. The fourth-order valence-corrected chi connectivity index (χ4v) is 2.34. The summed E-state index contributed by atoms with van der Waals surface area (Å²) < 4.78 is 5.55. The molecule has 1 aliphatic rings. The van der Waals surface area contributed by atoms with Gasteiger partial charge in [-0.25, -0.2) is 9.97 Å². The normalized spacial score (nSPS) is 15.5. The molecule has 1 saturated carbocycles. The first-order valence-electron chi connectivity index (χ1n) is 7.58. The number of anilines is 1. The van der Waals surface area contributed by atoms with E-state index in [0.29, 0.717) is 12.5 Å². The number of aromatic nitrogens is 2. The Balaban J connectivity index is 1.71. The highest BCUT2D eigenvalue weighted by Gasteiger charge is 2.26. The van der Waals surface area contributed by atoms with E-state index in [1.165, 1.54) is 18.4 Å². The minimum Gasteiger partial charge on any atom is -0.494 e. The van der Waals surface area contributed by atoms with E-state index in [9.17, 15) is 0 Å². The van der Waals surface area contributed by atoms with Crippen molar-refractivity contribution in [2.24, 2.45) is 0 Å². The van der Waals surface area contributed by atoms with Gasteiger partial charge in [0.25, 0.3) is 0 Å². The molecule has 110 valence electrons. The molecular weight excluding hydrogens is 262 g/mol. The fourth-order valence-electron chi connectivity index (χ4n) is 2.34. The first-order chi connectivity index (χ1) is 10.3.